The Kier molecular flexibility index (Phi) is 1.83. The van der Waals surface area contributed by atoms with E-state index >= 15 is 0 Å². The molecule has 0 unspecified atom stereocenters. The smallest absolute Gasteiger partial charge is 0.372 e. The lowest BCUT2D eigenvalue weighted by atomic mass is 10.4. The van der Waals surface area contributed by atoms with Gasteiger partial charge in [0.2, 0.25) is 5.82 Å². The molecule has 1 saturated carbocycles. The number of hydrogen-bond donors (Lipinski definition) is 1. The Morgan fingerprint density at radius 1 is 1.77 bits per heavy atom. The van der Waals surface area contributed by atoms with E-state index in [1.54, 1.807) is 4.57 Å². The van der Waals surface area contributed by atoms with Crippen LogP contribution in [-0.2, 0) is 6.42 Å². The van der Waals surface area contributed by atoms with E-state index in [4.69, 9.17) is 5.11 Å². The first-order valence-corrected chi connectivity index (χ1v) is 4.53. The molecule has 1 N–H and O–H groups in total. The van der Waals surface area contributed by atoms with Crippen LogP contribution in [0, 0.1) is 0 Å². The molecule has 4 heteroatoms. The van der Waals surface area contributed by atoms with E-state index in [0.717, 1.165) is 25.0 Å². The molecular formula is C9H12N2O2. The average molecular weight is 180 g/mol. The number of aryl methyl sites for hydroxylation is 1. The van der Waals surface area contributed by atoms with E-state index in [2.05, 4.69) is 4.98 Å². The van der Waals surface area contributed by atoms with E-state index in [1.165, 1.54) is 0 Å². The van der Waals surface area contributed by atoms with Crippen LogP contribution in [0.2, 0.25) is 0 Å². The fourth-order valence-electron chi connectivity index (χ4n) is 1.40. The number of aromatic nitrogens is 2. The number of carboxylic acid groups (broad SMARTS) is 1. The molecule has 70 valence electrons. The van der Waals surface area contributed by atoms with Crippen molar-refractivity contribution in [2.75, 3.05) is 0 Å². The lowest BCUT2D eigenvalue weighted by Crippen LogP contribution is -2.07. The van der Waals surface area contributed by atoms with Crippen molar-refractivity contribution in [1.82, 2.24) is 9.55 Å². The van der Waals surface area contributed by atoms with Crippen LogP contribution >= 0.6 is 0 Å². The summed E-state index contributed by atoms with van der Waals surface area (Å²) in [5.41, 5.74) is 0.865. The Morgan fingerprint density at radius 3 is 2.92 bits per heavy atom. The molecule has 0 aliphatic heterocycles. The quantitative estimate of drug-likeness (QED) is 0.766. The molecule has 0 aromatic carbocycles. The summed E-state index contributed by atoms with van der Waals surface area (Å²) in [6.45, 7) is 1.98. The van der Waals surface area contributed by atoms with Gasteiger partial charge in [-0.1, -0.05) is 6.92 Å². The fourth-order valence-corrected chi connectivity index (χ4v) is 1.40. The van der Waals surface area contributed by atoms with E-state index in [9.17, 15) is 4.79 Å². The van der Waals surface area contributed by atoms with E-state index in [1.807, 2.05) is 13.1 Å². The number of hydrogen-bond acceptors (Lipinski definition) is 2. The molecule has 4 nitrogen and oxygen atoms in total. The Bertz CT molecular complexity index is 339. The number of carboxylic acids is 1. The summed E-state index contributed by atoms with van der Waals surface area (Å²) in [6, 6.07) is 0.388. The summed E-state index contributed by atoms with van der Waals surface area (Å²) in [5, 5.41) is 8.87. The molecule has 0 saturated heterocycles. The molecule has 1 aromatic rings. The van der Waals surface area contributed by atoms with Crippen molar-refractivity contribution in [3.8, 4) is 0 Å². The van der Waals surface area contributed by atoms with Gasteiger partial charge in [-0.05, 0) is 19.3 Å². The van der Waals surface area contributed by atoms with Crippen LogP contribution in [0.1, 0.15) is 42.1 Å². The van der Waals surface area contributed by atoms with Gasteiger partial charge in [0.25, 0.3) is 0 Å². The molecule has 0 atom stereocenters. The third-order valence-corrected chi connectivity index (χ3v) is 2.28. The maximum absolute atomic E-state index is 10.8. The molecule has 2 rings (SSSR count). The third kappa shape index (κ3) is 1.43. The molecule has 1 aromatic heterocycles. The third-order valence-electron chi connectivity index (χ3n) is 2.28. The van der Waals surface area contributed by atoms with Crippen molar-refractivity contribution in [3.63, 3.8) is 0 Å². The molecule has 0 amide bonds. The van der Waals surface area contributed by atoms with Crippen molar-refractivity contribution in [2.24, 2.45) is 0 Å². The highest BCUT2D eigenvalue weighted by Gasteiger charge is 2.28. The first-order chi connectivity index (χ1) is 6.22. The van der Waals surface area contributed by atoms with Gasteiger partial charge in [0, 0.05) is 12.2 Å². The van der Waals surface area contributed by atoms with Gasteiger partial charge in [0.05, 0.1) is 5.69 Å². The molecule has 1 aliphatic rings. The Morgan fingerprint density at radius 2 is 2.46 bits per heavy atom. The number of nitrogens with zero attached hydrogens (tertiary/aromatic N) is 2. The van der Waals surface area contributed by atoms with Crippen LogP contribution in [0.3, 0.4) is 0 Å². The zero-order valence-corrected chi connectivity index (χ0v) is 7.53. The van der Waals surface area contributed by atoms with Gasteiger partial charge in [-0.3, -0.25) is 0 Å². The number of imidazole rings is 1. The second-order valence-electron chi connectivity index (χ2n) is 3.35. The van der Waals surface area contributed by atoms with Crippen LogP contribution in [0.25, 0.3) is 0 Å². The largest absolute Gasteiger partial charge is 0.475 e. The molecule has 0 spiro atoms. The summed E-state index contributed by atoms with van der Waals surface area (Å²) in [7, 11) is 0. The molecule has 1 aliphatic carbocycles. The zero-order valence-electron chi connectivity index (χ0n) is 7.53. The standard InChI is InChI=1S/C9H12N2O2/c1-2-6-5-11(7-3-4-7)8(10-6)9(12)13/h5,7H,2-4H2,1H3,(H,12,13). The van der Waals surface area contributed by atoms with Crippen molar-refractivity contribution in [2.45, 2.75) is 32.2 Å². The van der Waals surface area contributed by atoms with Crippen LogP contribution in [0.5, 0.6) is 0 Å². The van der Waals surface area contributed by atoms with Crippen LogP contribution in [-0.4, -0.2) is 20.6 Å². The Labute approximate surface area is 76.2 Å². The predicted octanol–water partition coefficient (Wildman–Crippen LogP) is 1.48. The number of aromatic carboxylic acids is 1. The Balaban J connectivity index is 2.39. The van der Waals surface area contributed by atoms with Gasteiger partial charge < -0.3 is 9.67 Å². The first kappa shape index (κ1) is 8.29. The van der Waals surface area contributed by atoms with Crippen LogP contribution < -0.4 is 0 Å². The molecule has 1 fully saturated rings. The minimum absolute atomic E-state index is 0.194. The van der Waals surface area contributed by atoms with Gasteiger partial charge in [-0.15, -0.1) is 0 Å². The highest BCUT2D eigenvalue weighted by atomic mass is 16.4. The molecular weight excluding hydrogens is 168 g/mol. The monoisotopic (exact) mass is 180 g/mol. The van der Waals surface area contributed by atoms with E-state index in [0.29, 0.717) is 6.04 Å². The maximum Gasteiger partial charge on any atom is 0.372 e. The lowest BCUT2D eigenvalue weighted by molar-refractivity contribution is 0.0678. The first-order valence-electron chi connectivity index (χ1n) is 4.53. The summed E-state index contributed by atoms with van der Waals surface area (Å²) in [5.74, 6) is -0.731. The predicted molar refractivity (Wildman–Crippen MR) is 46.8 cm³/mol. The minimum Gasteiger partial charge on any atom is -0.475 e. The Hall–Kier alpha value is -1.32. The van der Waals surface area contributed by atoms with Crippen molar-refractivity contribution in [3.05, 3.63) is 17.7 Å². The van der Waals surface area contributed by atoms with Crippen molar-refractivity contribution in [1.29, 1.82) is 0 Å². The van der Waals surface area contributed by atoms with Crippen molar-refractivity contribution < 1.29 is 9.90 Å². The molecule has 0 bridgehead atoms. The minimum atomic E-state index is -0.924. The average Bonchev–Trinajstić information content (AvgIpc) is 2.84. The van der Waals surface area contributed by atoms with Gasteiger partial charge in [-0.2, -0.15) is 0 Å². The van der Waals surface area contributed by atoms with Gasteiger partial charge >= 0.3 is 5.97 Å². The highest BCUT2D eigenvalue weighted by Crippen LogP contribution is 2.36. The summed E-state index contributed by atoms with van der Waals surface area (Å²) < 4.78 is 1.79. The number of carbonyl (C=O) groups is 1. The van der Waals surface area contributed by atoms with Gasteiger partial charge in [0.15, 0.2) is 0 Å². The van der Waals surface area contributed by atoms with E-state index < -0.39 is 5.97 Å². The van der Waals surface area contributed by atoms with Gasteiger partial charge in [-0.25, -0.2) is 9.78 Å². The fraction of sp³-hybridized carbons (Fsp3) is 0.556. The van der Waals surface area contributed by atoms with Crippen molar-refractivity contribution >= 4 is 5.97 Å². The lowest BCUT2D eigenvalue weighted by Gasteiger charge is -1.99. The molecule has 0 radical (unpaired) electrons. The molecule has 1 heterocycles. The summed E-state index contributed by atoms with van der Waals surface area (Å²) >= 11 is 0. The SMILES string of the molecule is CCc1cn(C2CC2)c(C(=O)O)n1. The van der Waals surface area contributed by atoms with Crippen LogP contribution in [0.4, 0.5) is 0 Å². The number of rotatable bonds is 3. The summed E-state index contributed by atoms with van der Waals surface area (Å²) in [6.07, 6.45) is 4.82. The topological polar surface area (TPSA) is 55.1 Å². The summed E-state index contributed by atoms with van der Waals surface area (Å²) in [4.78, 5) is 14.9. The second kappa shape index (κ2) is 2.87. The molecule has 13 heavy (non-hydrogen) atoms. The van der Waals surface area contributed by atoms with Crippen LogP contribution in [0.15, 0.2) is 6.20 Å². The maximum atomic E-state index is 10.8. The van der Waals surface area contributed by atoms with Gasteiger partial charge in [0.1, 0.15) is 0 Å². The van der Waals surface area contributed by atoms with E-state index in [-0.39, 0.29) is 5.82 Å². The zero-order chi connectivity index (χ0) is 9.42. The second-order valence-corrected chi connectivity index (χ2v) is 3.35. The highest BCUT2D eigenvalue weighted by molar-refractivity contribution is 5.83. The normalized spacial score (nSPS) is 16.1.